The van der Waals surface area contributed by atoms with Gasteiger partial charge in [-0.3, -0.25) is 4.79 Å². The van der Waals surface area contributed by atoms with Crippen LogP contribution < -0.4 is 0 Å². The summed E-state index contributed by atoms with van der Waals surface area (Å²) in [5, 5.41) is 0. The highest BCUT2D eigenvalue weighted by atomic mass is 16.5. The maximum absolute atomic E-state index is 12.0. The van der Waals surface area contributed by atoms with E-state index >= 15 is 0 Å². The molecule has 3 unspecified atom stereocenters. The summed E-state index contributed by atoms with van der Waals surface area (Å²) in [5.41, 5.74) is 0.343. The number of carbonyl (C=O) groups is 1. The maximum atomic E-state index is 12.0. The van der Waals surface area contributed by atoms with Crippen LogP contribution in [0.5, 0.6) is 0 Å². The minimum absolute atomic E-state index is 0.274. The van der Waals surface area contributed by atoms with Crippen LogP contribution in [0.3, 0.4) is 0 Å². The van der Waals surface area contributed by atoms with E-state index in [0.717, 1.165) is 38.7 Å². The highest BCUT2D eigenvalue weighted by Crippen LogP contribution is 2.40. The molecular formula is C15H26O2. The van der Waals surface area contributed by atoms with E-state index in [4.69, 9.17) is 4.74 Å². The third-order valence-electron chi connectivity index (χ3n) is 4.56. The molecule has 0 N–H and O–H groups in total. The second-order valence-corrected chi connectivity index (χ2v) is 6.87. The fourth-order valence-electron chi connectivity index (χ4n) is 3.28. The van der Waals surface area contributed by atoms with E-state index in [1.54, 1.807) is 0 Å². The predicted molar refractivity (Wildman–Crippen MR) is 68.9 cm³/mol. The molecule has 2 heteroatoms. The molecule has 98 valence electrons. The molecule has 1 saturated carbocycles. The van der Waals surface area contributed by atoms with Crippen molar-refractivity contribution in [3.05, 3.63) is 0 Å². The van der Waals surface area contributed by atoms with E-state index < -0.39 is 0 Å². The fraction of sp³-hybridized carbons (Fsp3) is 0.933. The third-order valence-corrected chi connectivity index (χ3v) is 4.56. The predicted octanol–water partition coefficient (Wildman–Crippen LogP) is 3.59. The van der Waals surface area contributed by atoms with Crippen LogP contribution in [0.4, 0.5) is 0 Å². The van der Waals surface area contributed by atoms with E-state index in [1.165, 1.54) is 6.42 Å². The molecule has 0 amide bonds. The molecule has 2 nitrogen and oxygen atoms in total. The number of carbonyl (C=O) groups excluding carboxylic acids is 1. The van der Waals surface area contributed by atoms with Gasteiger partial charge in [0.1, 0.15) is 5.78 Å². The Morgan fingerprint density at radius 1 is 1.29 bits per heavy atom. The lowest BCUT2D eigenvalue weighted by Crippen LogP contribution is -2.33. The van der Waals surface area contributed by atoms with Crippen LogP contribution in [0.2, 0.25) is 0 Å². The van der Waals surface area contributed by atoms with Gasteiger partial charge in [-0.2, -0.15) is 0 Å². The molecule has 2 fully saturated rings. The molecule has 0 aromatic carbocycles. The average molecular weight is 238 g/mol. The van der Waals surface area contributed by atoms with Gasteiger partial charge in [-0.1, -0.05) is 20.8 Å². The normalized spacial score (nSPS) is 35.2. The third kappa shape index (κ3) is 3.31. The van der Waals surface area contributed by atoms with Gasteiger partial charge < -0.3 is 4.74 Å². The van der Waals surface area contributed by atoms with Crippen molar-refractivity contribution in [2.24, 2.45) is 17.3 Å². The quantitative estimate of drug-likeness (QED) is 0.735. The molecule has 0 spiro atoms. The number of ketones is 1. The van der Waals surface area contributed by atoms with Crippen molar-refractivity contribution in [2.45, 2.75) is 65.4 Å². The highest BCUT2D eigenvalue weighted by molar-refractivity contribution is 5.81. The zero-order chi connectivity index (χ0) is 12.5. The fourth-order valence-corrected chi connectivity index (χ4v) is 3.28. The number of hydrogen-bond donors (Lipinski definition) is 0. The molecule has 1 saturated heterocycles. The minimum Gasteiger partial charge on any atom is -0.378 e. The Hall–Kier alpha value is -0.370. The smallest absolute Gasteiger partial charge is 0.136 e. The van der Waals surface area contributed by atoms with Crippen LogP contribution in [0, 0.1) is 17.3 Å². The van der Waals surface area contributed by atoms with Gasteiger partial charge in [-0.05, 0) is 43.4 Å². The lowest BCUT2D eigenvalue weighted by Gasteiger charge is -2.37. The molecule has 0 aromatic heterocycles. The summed E-state index contributed by atoms with van der Waals surface area (Å²) in [7, 11) is 0. The van der Waals surface area contributed by atoms with E-state index in [-0.39, 0.29) is 5.92 Å². The second kappa shape index (κ2) is 5.09. The van der Waals surface area contributed by atoms with E-state index in [2.05, 4.69) is 20.8 Å². The van der Waals surface area contributed by atoms with Crippen molar-refractivity contribution in [1.29, 1.82) is 0 Å². The van der Waals surface area contributed by atoms with Crippen molar-refractivity contribution < 1.29 is 9.53 Å². The molecule has 2 rings (SSSR count). The number of Topliss-reactive ketones (excluding diaryl/α,β-unsaturated/α-hetero) is 1. The first-order valence-electron chi connectivity index (χ1n) is 7.11. The maximum Gasteiger partial charge on any atom is 0.136 e. The Labute approximate surface area is 105 Å². The van der Waals surface area contributed by atoms with Crippen LogP contribution >= 0.6 is 0 Å². The van der Waals surface area contributed by atoms with Crippen LogP contribution in [-0.2, 0) is 9.53 Å². The first-order valence-corrected chi connectivity index (χ1v) is 7.11. The second-order valence-electron chi connectivity index (χ2n) is 6.87. The Bertz CT molecular complexity index is 271. The zero-order valence-electron chi connectivity index (χ0n) is 11.5. The molecule has 0 bridgehead atoms. The van der Waals surface area contributed by atoms with Crippen molar-refractivity contribution in [2.75, 3.05) is 6.61 Å². The number of ether oxygens (including phenoxy) is 1. The lowest BCUT2D eigenvalue weighted by molar-refractivity contribution is -0.127. The minimum atomic E-state index is 0.274. The van der Waals surface area contributed by atoms with Gasteiger partial charge in [0.2, 0.25) is 0 Å². The Morgan fingerprint density at radius 3 is 2.65 bits per heavy atom. The highest BCUT2D eigenvalue weighted by Gasteiger charge is 2.36. The molecule has 1 heterocycles. The summed E-state index contributed by atoms with van der Waals surface area (Å²) >= 11 is 0. The molecule has 1 aliphatic carbocycles. The van der Waals surface area contributed by atoms with Gasteiger partial charge in [0.25, 0.3) is 0 Å². The summed E-state index contributed by atoms with van der Waals surface area (Å²) in [6.07, 6.45) is 6.64. The van der Waals surface area contributed by atoms with Gasteiger partial charge in [0.05, 0.1) is 6.10 Å². The van der Waals surface area contributed by atoms with Crippen LogP contribution in [0.1, 0.15) is 59.3 Å². The summed E-state index contributed by atoms with van der Waals surface area (Å²) < 4.78 is 5.67. The van der Waals surface area contributed by atoms with Crippen LogP contribution in [0.15, 0.2) is 0 Å². The standard InChI is InChI=1S/C15H26O2/c1-15(2,3)12-6-7-14(16)11(9-12)10-13-5-4-8-17-13/h11-13H,4-10H2,1-3H3. The zero-order valence-corrected chi connectivity index (χ0v) is 11.5. The van der Waals surface area contributed by atoms with Crippen molar-refractivity contribution in [3.8, 4) is 0 Å². The first kappa shape index (κ1) is 13.1. The Balaban J connectivity index is 1.92. The summed E-state index contributed by atoms with van der Waals surface area (Å²) in [6, 6.07) is 0. The summed E-state index contributed by atoms with van der Waals surface area (Å²) in [6.45, 7) is 7.80. The van der Waals surface area contributed by atoms with Crippen molar-refractivity contribution >= 4 is 5.78 Å². The molecule has 0 radical (unpaired) electrons. The SMILES string of the molecule is CC(C)(C)C1CCC(=O)C(CC2CCCO2)C1. The Kier molecular flexibility index (Phi) is 3.92. The molecule has 2 aliphatic rings. The molecule has 3 atom stereocenters. The largest absolute Gasteiger partial charge is 0.378 e. The van der Waals surface area contributed by atoms with Crippen molar-refractivity contribution in [3.63, 3.8) is 0 Å². The molecular weight excluding hydrogens is 212 g/mol. The number of rotatable bonds is 2. The molecule has 17 heavy (non-hydrogen) atoms. The van der Waals surface area contributed by atoms with Gasteiger partial charge in [-0.15, -0.1) is 0 Å². The monoisotopic (exact) mass is 238 g/mol. The van der Waals surface area contributed by atoms with E-state index in [0.29, 0.717) is 23.2 Å². The number of hydrogen-bond acceptors (Lipinski definition) is 2. The lowest BCUT2D eigenvalue weighted by atomic mass is 9.67. The van der Waals surface area contributed by atoms with E-state index in [9.17, 15) is 4.79 Å². The van der Waals surface area contributed by atoms with Gasteiger partial charge in [0.15, 0.2) is 0 Å². The van der Waals surface area contributed by atoms with E-state index in [1.807, 2.05) is 0 Å². The summed E-state index contributed by atoms with van der Waals surface area (Å²) in [4.78, 5) is 12.0. The Morgan fingerprint density at radius 2 is 2.06 bits per heavy atom. The summed E-state index contributed by atoms with van der Waals surface area (Å²) in [5.74, 6) is 1.46. The van der Waals surface area contributed by atoms with Crippen LogP contribution in [0.25, 0.3) is 0 Å². The van der Waals surface area contributed by atoms with Gasteiger partial charge in [0, 0.05) is 18.9 Å². The average Bonchev–Trinajstić information content (AvgIpc) is 2.72. The molecule has 0 aromatic rings. The topological polar surface area (TPSA) is 26.3 Å². The molecule has 1 aliphatic heterocycles. The first-order chi connectivity index (χ1) is 7.97. The van der Waals surface area contributed by atoms with Crippen LogP contribution in [-0.4, -0.2) is 18.5 Å². The van der Waals surface area contributed by atoms with Gasteiger partial charge in [-0.25, -0.2) is 0 Å². The van der Waals surface area contributed by atoms with Gasteiger partial charge >= 0.3 is 0 Å². The van der Waals surface area contributed by atoms with Crippen molar-refractivity contribution in [1.82, 2.24) is 0 Å².